The molecule has 1 aliphatic rings. The highest BCUT2D eigenvalue weighted by atomic mass is 32.2. The van der Waals surface area contributed by atoms with Crippen LogP contribution in [0.1, 0.15) is 18.9 Å². The maximum absolute atomic E-state index is 11.2. The maximum Gasteiger partial charge on any atom is 0.161 e. The van der Waals surface area contributed by atoms with Crippen molar-refractivity contribution in [1.29, 1.82) is 0 Å². The summed E-state index contributed by atoms with van der Waals surface area (Å²) in [6.07, 6.45) is 2.68. The zero-order valence-corrected chi connectivity index (χ0v) is 12.3. The molecule has 0 saturated carbocycles. The Morgan fingerprint density at radius 3 is 2.79 bits per heavy atom. The number of hydrogen-bond donors (Lipinski definition) is 1. The summed E-state index contributed by atoms with van der Waals surface area (Å²) < 4.78 is 22.3. The first-order valence-electron chi connectivity index (χ1n) is 6.58. The fourth-order valence-electron chi connectivity index (χ4n) is 1.90. The third kappa shape index (κ3) is 4.21. The van der Waals surface area contributed by atoms with Crippen LogP contribution in [0.5, 0.6) is 11.5 Å². The quantitative estimate of drug-likeness (QED) is 0.807. The van der Waals surface area contributed by atoms with E-state index in [1.807, 2.05) is 25.1 Å². The predicted molar refractivity (Wildman–Crippen MR) is 77.3 cm³/mol. The van der Waals surface area contributed by atoms with E-state index in [2.05, 4.69) is 5.32 Å². The largest absolute Gasteiger partial charge is 0.486 e. The van der Waals surface area contributed by atoms with Gasteiger partial charge in [0.1, 0.15) is 13.2 Å². The molecular formula is C14H21NO3S. The molecule has 0 bridgehead atoms. The molecule has 1 N–H and O–H groups in total. The summed E-state index contributed by atoms with van der Waals surface area (Å²) in [7, 11) is -0.737. The molecule has 1 aliphatic heterocycles. The van der Waals surface area contributed by atoms with E-state index >= 15 is 0 Å². The van der Waals surface area contributed by atoms with Crippen molar-refractivity contribution in [3.05, 3.63) is 23.8 Å². The molecule has 4 nitrogen and oxygen atoms in total. The summed E-state index contributed by atoms with van der Waals surface area (Å²) in [6.45, 7) is 4.91. The lowest BCUT2D eigenvalue weighted by molar-refractivity contribution is 0.171. The number of ether oxygens (including phenoxy) is 2. The van der Waals surface area contributed by atoms with Crippen LogP contribution in [0, 0.1) is 0 Å². The van der Waals surface area contributed by atoms with E-state index < -0.39 is 10.8 Å². The second-order valence-electron chi connectivity index (χ2n) is 4.75. The molecule has 1 aromatic rings. The molecule has 0 fully saturated rings. The lowest BCUT2D eigenvalue weighted by Crippen LogP contribution is -2.21. The Hall–Kier alpha value is -1.07. The maximum atomic E-state index is 11.2. The van der Waals surface area contributed by atoms with Crippen molar-refractivity contribution in [2.45, 2.75) is 25.1 Å². The molecule has 2 unspecified atom stereocenters. The molecule has 0 spiro atoms. The summed E-state index contributed by atoms with van der Waals surface area (Å²) in [5, 5.41) is 3.61. The molecule has 0 aliphatic carbocycles. The van der Waals surface area contributed by atoms with E-state index in [-0.39, 0.29) is 5.25 Å². The number of benzene rings is 1. The van der Waals surface area contributed by atoms with Crippen molar-refractivity contribution in [3.63, 3.8) is 0 Å². The van der Waals surface area contributed by atoms with Crippen LogP contribution in [0.2, 0.25) is 0 Å². The standard InChI is InChI=1S/C14H21NO3S/c1-11(19(2)16)5-6-15-10-12-3-4-13-14(9-12)18-8-7-17-13/h3-4,9,11,15H,5-8,10H2,1-2H3. The van der Waals surface area contributed by atoms with Gasteiger partial charge in [-0.05, 0) is 30.7 Å². The Morgan fingerprint density at radius 1 is 1.32 bits per heavy atom. The van der Waals surface area contributed by atoms with Crippen LogP contribution in [0.3, 0.4) is 0 Å². The molecule has 5 heteroatoms. The Kier molecular flexibility index (Phi) is 5.22. The molecule has 1 aromatic carbocycles. The van der Waals surface area contributed by atoms with E-state index in [1.54, 1.807) is 6.26 Å². The number of nitrogens with one attached hydrogen (secondary N) is 1. The Bertz CT molecular complexity index is 450. The molecule has 0 aromatic heterocycles. The van der Waals surface area contributed by atoms with Gasteiger partial charge in [0.2, 0.25) is 0 Å². The summed E-state index contributed by atoms with van der Waals surface area (Å²) in [6, 6.07) is 6.01. The fraction of sp³-hybridized carbons (Fsp3) is 0.571. The highest BCUT2D eigenvalue weighted by Gasteiger charge is 2.11. The van der Waals surface area contributed by atoms with Crippen LogP contribution in [0.4, 0.5) is 0 Å². The van der Waals surface area contributed by atoms with Gasteiger partial charge in [0.05, 0.1) is 0 Å². The minimum Gasteiger partial charge on any atom is -0.486 e. The van der Waals surface area contributed by atoms with E-state index in [1.165, 1.54) is 5.56 Å². The van der Waals surface area contributed by atoms with Crippen molar-refractivity contribution < 1.29 is 13.7 Å². The van der Waals surface area contributed by atoms with Crippen LogP contribution in [0.25, 0.3) is 0 Å². The van der Waals surface area contributed by atoms with Crippen LogP contribution in [0.15, 0.2) is 18.2 Å². The number of hydrogen-bond acceptors (Lipinski definition) is 4. The van der Waals surface area contributed by atoms with Crippen molar-refractivity contribution in [1.82, 2.24) is 5.32 Å². The molecule has 0 radical (unpaired) electrons. The molecule has 2 atom stereocenters. The van der Waals surface area contributed by atoms with Crippen molar-refractivity contribution in [2.24, 2.45) is 0 Å². The summed E-state index contributed by atoms with van der Waals surface area (Å²) in [4.78, 5) is 0. The van der Waals surface area contributed by atoms with Crippen molar-refractivity contribution in [3.8, 4) is 11.5 Å². The van der Waals surface area contributed by atoms with Crippen LogP contribution < -0.4 is 14.8 Å². The summed E-state index contributed by atoms with van der Waals surface area (Å²) >= 11 is 0. The van der Waals surface area contributed by atoms with Crippen molar-refractivity contribution >= 4 is 10.8 Å². The number of rotatable bonds is 6. The Labute approximate surface area is 116 Å². The van der Waals surface area contributed by atoms with Crippen molar-refractivity contribution in [2.75, 3.05) is 26.0 Å². The van der Waals surface area contributed by atoms with Gasteiger partial charge in [-0.15, -0.1) is 0 Å². The molecule has 0 saturated heterocycles. The zero-order valence-electron chi connectivity index (χ0n) is 11.5. The second kappa shape index (κ2) is 6.91. The smallest absolute Gasteiger partial charge is 0.161 e. The topological polar surface area (TPSA) is 47.6 Å². The van der Waals surface area contributed by atoms with Crippen LogP contribution in [-0.2, 0) is 17.3 Å². The molecule has 0 amide bonds. The normalized spacial score (nSPS) is 16.9. The SMILES string of the molecule is CC(CCNCc1ccc2c(c1)OCCO2)S(C)=O. The predicted octanol–water partition coefficient (Wildman–Crippen LogP) is 1.70. The highest BCUT2D eigenvalue weighted by Crippen LogP contribution is 2.30. The van der Waals surface area contributed by atoms with E-state index in [9.17, 15) is 4.21 Å². The third-order valence-corrected chi connectivity index (χ3v) is 4.60. The van der Waals surface area contributed by atoms with E-state index in [0.717, 1.165) is 31.0 Å². The van der Waals surface area contributed by atoms with Gasteiger partial charge in [-0.3, -0.25) is 4.21 Å². The number of fused-ring (bicyclic) bond motifs is 1. The molecule has 19 heavy (non-hydrogen) atoms. The lowest BCUT2D eigenvalue weighted by atomic mass is 10.2. The van der Waals surface area contributed by atoms with Gasteiger partial charge in [0.15, 0.2) is 11.5 Å². The third-order valence-electron chi connectivity index (χ3n) is 3.23. The van der Waals surface area contributed by atoms with Gasteiger partial charge in [-0.25, -0.2) is 0 Å². The second-order valence-corrected chi connectivity index (χ2v) is 6.55. The minimum absolute atomic E-state index is 0.243. The lowest BCUT2D eigenvalue weighted by Gasteiger charge is -2.19. The Balaban J connectivity index is 1.78. The van der Waals surface area contributed by atoms with Crippen LogP contribution in [-0.4, -0.2) is 35.5 Å². The summed E-state index contributed by atoms with van der Waals surface area (Å²) in [5.74, 6) is 1.65. The molecular weight excluding hydrogens is 262 g/mol. The fourth-order valence-corrected chi connectivity index (χ4v) is 2.35. The monoisotopic (exact) mass is 283 g/mol. The van der Waals surface area contributed by atoms with Gasteiger partial charge >= 0.3 is 0 Å². The van der Waals surface area contributed by atoms with Gasteiger partial charge in [0.25, 0.3) is 0 Å². The van der Waals surface area contributed by atoms with Gasteiger partial charge in [-0.1, -0.05) is 13.0 Å². The average molecular weight is 283 g/mol. The molecule has 106 valence electrons. The van der Waals surface area contributed by atoms with E-state index in [0.29, 0.717) is 13.2 Å². The van der Waals surface area contributed by atoms with Gasteiger partial charge in [0, 0.05) is 28.9 Å². The molecule has 2 rings (SSSR count). The van der Waals surface area contributed by atoms with Gasteiger partial charge in [-0.2, -0.15) is 0 Å². The average Bonchev–Trinajstić information content (AvgIpc) is 2.43. The first kappa shape index (κ1) is 14.3. The zero-order chi connectivity index (χ0) is 13.7. The first-order chi connectivity index (χ1) is 9.16. The molecule has 1 heterocycles. The first-order valence-corrected chi connectivity index (χ1v) is 8.20. The van der Waals surface area contributed by atoms with E-state index in [4.69, 9.17) is 9.47 Å². The van der Waals surface area contributed by atoms with Crippen LogP contribution >= 0.6 is 0 Å². The highest BCUT2D eigenvalue weighted by molar-refractivity contribution is 7.84. The Morgan fingerprint density at radius 2 is 2.05 bits per heavy atom. The minimum atomic E-state index is -0.737. The summed E-state index contributed by atoms with van der Waals surface area (Å²) in [5.41, 5.74) is 1.18. The van der Waals surface area contributed by atoms with Gasteiger partial charge < -0.3 is 14.8 Å².